The van der Waals surface area contributed by atoms with Gasteiger partial charge in [0.1, 0.15) is 0 Å². The lowest BCUT2D eigenvalue weighted by molar-refractivity contribution is 0.277. The van der Waals surface area contributed by atoms with Crippen LogP contribution in [0.1, 0.15) is 84.5 Å². The van der Waals surface area contributed by atoms with E-state index in [4.69, 9.17) is 5.11 Å². The summed E-state index contributed by atoms with van der Waals surface area (Å²) in [5.41, 5.74) is 0. The van der Waals surface area contributed by atoms with Crippen LogP contribution in [0, 0.1) is 0 Å². The summed E-state index contributed by atoms with van der Waals surface area (Å²) in [6.45, 7) is 5.53. The van der Waals surface area contributed by atoms with E-state index in [0.717, 1.165) is 6.54 Å². The molecule has 1 atom stereocenters. The van der Waals surface area contributed by atoms with Gasteiger partial charge in [0.05, 0.1) is 6.61 Å². The number of aliphatic hydroxyl groups is 1. The first kappa shape index (κ1) is 17.9. The first-order chi connectivity index (χ1) is 8.85. The number of unbranched alkanes of at least 4 members (excludes halogenated alkanes) is 7. The summed E-state index contributed by atoms with van der Waals surface area (Å²) in [5, 5.41) is 12.3. The minimum Gasteiger partial charge on any atom is -0.395 e. The third kappa shape index (κ3) is 12.4. The van der Waals surface area contributed by atoms with Crippen LogP contribution in [-0.2, 0) is 0 Å². The molecular formula is C16H35NO. The molecule has 0 aromatic heterocycles. The van der Waals surface area contributed by atoms with E-state index >= 15 is 0 Å². The fraction of sp³-hybridized carbons (Fsp3) is 1.00. The summed E-state index contributed by atoms with van der Waals surface area (Å²) in [5.74, 6) is 0. The summed E-state index contributed by atoms with van der Waals surface area (Å²) in [4.78, 5) is 0. The molecule has 0 fully saturated rings. The van der Waals surface area contributed by atoms with Gasteiger partial charge < -0.3 is 10.4 Å². The summed E-state index contributed by atoms with van der Waals surface area (Å²) < 4.78 is 0. The molecule has 0 aromatic carbocycles. The molecule has 2 nitrogen and oxygen atoms in total. The zero-order valence-corrected chi connectivity index (χ0v) is 12.7. The Hall–Kier alpha value is -0.0800. The predicted octanol–water partition coefficient (Wildman–Crippen LogP) is 4.27. The Bertz CT molecular complexity index is 142. The molecule has 110 valence electrons. The zero-order chi connectivity index (χ0) is 13.5. The van der Waals surface area contributed by atoms with E-state index in [-0.39, 0.29) is 6.61 Å². The van der Waals surface area contributed by atoms with Gasteiger partial charge in [-0.1, -0.05) is 71.6 Å². The van der Waals surface area contributed by atoms with Crippen molar-refractivity contribution in [1.82, 2.24) is 5.32 Å². The van der Waals surface area contributed by atoms with E-state index in [0.29, 0.717) is 6.04 Å². The van der Waals surface area contributed by atoms with Crippen molar-refractivity contribution in [2.45, 2.75) is 90.5 Å². The van der Waals surface area contributed by atoms with Gasteiger partial charge in [0, 0.05) is 12.6 Å². The Labute approximate surface area is 115 Å². The first-order valence-corrected chi connectivity index (χ1v) is 8.19. The second-order valence-electron chi connectivity index (χ2n) is 5.43. The highest BCUT2D eigenvalue weighted by Crippen LogP contribution is 2.12. The summed E-state index contributed by atoms with van der Waals surface area (Å²) >= 11 is 0. The van der Waals surface area contributed by atoms with Gasteiger partial charge in [0.25, 0.3) is 0 Å². The lowest BCUT2D eigenvalue weighted by Gasteiger charge is -2.17. The third-order valence-electron chi connectivity index (χ3n) is 3.61. The van der Waals surface area contributed by atoms with Crippen LogP contribution in [0.5, 0.6) is 0 Å². The van der Waals surface area contributed by atoms with Crippen LogP contribution >= 0.6 is 0 Å². The molecule has 0 radical (unpaired) electrons. The molecule has 0 spiro atoms. The van der Waals surface area contributed by atoms with Crippen LogP contribution in [0.15, 0.2) is 0 Å². The van der Waals surface area contributed by atoms with Crippen LogP contribution in [0.4, 0.5) is 0 Å². The van der Waals surface area contributed by atoms with Gasteiger partial charge >= 0.3 is 0 Å². The molecule has 0 saturated heterocycles. The summed E-state index contributed by atoms with van der Waals surface area (Å²) in [6, 6.07) is 0.632. The van der Waals surface area contributed by atoms with Crippen molar-refractivity contribution >= 4 is 0 Å². The van der Waals surface area contributed by atoms with Gasteiger partial charge in [0.15, 0.2) is 0 Å². The smallest absolute Gasteiger partial charge is 0.0556 e. The van der Waals surface area contributed by atoms with Gasteiger partial charge in [-0.2, -0.15) is 0 Å². The SMILES string of the molecule is CCCCCCCCCC(CCCC)NCCO. The van der Waals surface area contributed by atoms with Crippen LogP contribution in [0.2, 0.25) is 0 Å². The monoisotopic (exact) mass is 257 g/mol. The highest BCUT2D eigenvalue weighted by Gasteiger charge is 2.06. The minimum absolute atomic E-state index is 0.264. The van der Waals surface area contributed by atoms with E-state index < -0.39 is 0 Å². The van der Waals surface area contributed by atoms with Gasteiger partial charge in [-0.3, -0.25) is 0 Å². The Kier molecular flexibility index (Phi) is 14.9. The largest absolute Gasteiger partial charge is 0.395 e. The van der Waals surface area contributed by atoms with Crippen LogP contribution in [-0.4, -0.2) is 24.3 Å². The van der Waals surface area contributed by atoms with Crippen molar-refractivity contribution < 1.29 is 5.11 Å². The van der Waals surface area contributed by atoms with E-state index in [1.165, 1.54) is 70.6 Å². The minimum atomic E-state index is 0.264. The molecule has 0 saturated carbocycles. The maximum Gasteiger partial charge on any atom is 0.0556 e. The topological polar surface area (TPSA) is 32.3 Å². The van der Waals surface area contributed by atoms with Crippen molar-refractivity contribution in [1.29, 1.82) is 0 Å². The van der Waals surface area contributed by atoms with E-state index in [2.05, 4.69) is 19.2 Å². The van der Waals surface area contributed by atoms with Gasteiger partial charge in [-0.15, -0.1) is 0 Å². The first-order valence-electron chi connectivity index (χ1n) is 8.19. The maximum absolute atomic E-state index is 8.87. The molecule has 0 rings (SSSR count). The number of aliphatic hydroxyl groups excluding tert-OH is 1. The lowest BCUT2D eigenvalue weighted by Crippen LogP contribution is -2.31. The fourth-order valence-corrected chi connectivity index (χ4v) is 2.42. The number of hydrogen-bond acceptors (Lipinski definition) is 2. The van der Waals surface area contributed by atoms with Crippen LogP contribution < -0.4 is 5.32 Å². The summed E-state index contributed by atoms with van der Waals surface area (Å²) in [6.07, 6.45) is 14.8. The number of hydrogen-bond donors (Lipinski definition) is 2. The number of nitrogens with one attached hydrogen (secondary N) is 1. The predicted molar refractivity (Wildman–Crippen MR) is 81.0 cm³/mol. The lowest BCUT2D eigenvalue weighted by atomic mass is 10.0. The highest BCUT2D eigenvalue weighted by molar-refractivity contribution is 4.66. The molecule has 18 heavy (non-hydrogen) atoms. The number of rotatable bonds is 14. The van der Waals surface area contributed by atoms with Crippen molar-refractivity contribution in [3.63, 3.8) is 0 Å². The molecule has 0 aliphatic carbocycles. The zero-order valence-electron chi connectivity index (χ0n) is 12.7. The van der Waals surface area contributed by atoms with Crippen LogP contribution in [0.3, 0.4) is 0 Å². The highest BCUT2D eigenvalue weighted by atomic mass is 16.3. The molecule has 0 heterocycles. The Balaban J connectivity index is 3.43. The molecule has 2 heteroatoms. The quantitative estimate of drug-likeness (QED) is 0.456. The standard InChI is InChI=1S/C16H35NO/c1-3-5-7-8-9-10-11-13-16(12-6-4-2)17-14-15-18/h16-18H,3-15H2,1-2H3. The Morgan fingerprint density at radius 3 is 1.94 bits per heavy atom. The normalized spacial score (nSPS) is 12.8. The molecule has 0 bridgehead atoms. The average Bonchev–Trinajstić information content (AvgIpc) is 2.40. The molecular weight excluding hydrogens is 222 g/mol. The molecule has 0 aromatic rings. The molecule has 0 aliphatic heterocycles. The average molecular weight is 257 g/mol. The van der Waals surface area contributed by atoms with Crippen molar-refractivity contribution in [3.05, 3.63) is 0 Å². The molecule has 0 aliphatic rings. The van der Waals surface area contributed by atoms with Crippen molar-refractivity contribution in [2.75, 3.05) is 13.2 Å². The summed E-state index contributed by atoms with van der Waals surface area (Å²) in [7, 11) is 0. The van der Waals surface area contributed by atoms with Crippen molar-refractivity contribution in [2.24, 2.45) is 0 Å². The second kappa shape index (κ2) is 15.0. The third-order valence-corrected chi connectivity index (χ3v) is 3.61. The second-order valence-corrected chi connectivity index (χ2v) is 5.43. The molecule has 0 amide bonds. The Morgan fingerprint density at radius 1 is 0.778 bits per heavy atom. The molecule has 1 unspecified atom stereocenters. The van der Waals surface area contributed by atoms with E-state index in [1.807, 2.05) is 0 Å². The van der Waals surface area contributed by atoms with E-state index in [9.17, 15) is 0 Å². The molecule has 2 N–H and O–H groups in total. The van der Waals surface area contributed by atoms with E-state index in [1.54, 1.807) is 0 Å². The van der Waals surface area contributed by atoms with Gasteiger partial charge in [0.2, 0.25) is 0 Å². The fourth-order valence-electron chi connectivity index (χ4n) is 2.42. The van der Waals surface area contributed by atoms with Crippen molar-refractivity contribution in [3.8, 4) is 0 Å². The van der Waals surface area contributed by atoms with Crippen LogP contribution in [0.25, 0.3) is 0 Å². The van der Waals surface area contributed by atoms with Gasteiger partial charge in [-0.05, 0) is 12.8 Å². The Morgan fingerprint density at radius 2 is 1.33 bits per heavy atom. The van der Waals surface area contributed by atoms with Gasteiger partial charge in [-0.25, -0.2) is 0 Å². The maximum atomic E-state index is 8.87.